The molecule has 3 rings (SSSR count). The number of carboxylic acids is 1. The lowest BCUT2D eigenvalue weighted by atomic mass is 10.2. The van der Waals surface area contributed by atoms with E-state index in [0.29, 0.717) is 17.8 Å². The molecule has 1 aromatic heterocycles. The first-order chi connectivity index (χ1) is 9.76. The van der Waals surface area contributed by atoms with Crippen molar-refractivity contribution in [2.24, 2.45) is 0 Å². The van der Waals surface area contributed by atoms with Crippen LogP contribution in [-0.4, -0.2) is 37.5 Å². The molecule has 0 aromatic carbocycles. The number of carbonyl (C=O) groups is 2. The van der Waals surface area contributed by atoms with Crippen molar-refractivity contribution in [3.8, 4) is 0 Å². The standard InChI is InChI=1S/C14H19N3O4/c1-14(2,3)21-13(20)16-6-9-10(7-16)15-17(8-4-5-8)11(9)12(18)19/h8H,4-7H2,1-3H3,(H,18,19). The van der Waals surface area contributed by atoms with Gasteiger partial charge in [0.05, 0.1) is 24.8 Å². The van der Waals surface area contributed by atoms with Crippen molar-refractivity contribution in [1.82, 2.24) is 14.7 Å². The van der Waals surface area contributed by atoms with Crippen molar-refractivity contribution < 1.29 is 19.4 Å². The second-order valence-corrected chi connectivity index (χ2v) is 6.59. The fourth-order valence-electron chi connectivity index (χ4n) is 2.50. The Morgan fingerprint density at radius 3 is 2.48 bits per heavy atom. The fourth-order valence-corrected chi connectivity index (χ4v) is 2.50. The second-order valence-electron chi connectivity index (χ2n) is 6.59. The van der Waals surface area contributed by atoms with E-state index in [1.807, 2.05) is 0 Å². The quantitative estimate of drug-likeness (QED) is 0.903. The number of rotatable bonds is 2. The van der Waals surface area contributed by atoms with Gasteiger partial charge in [0.15, 0.2) is 5.69 Å². The zero-order valence-electron chi connectivity index (χ0n) is 12.4. The van der Waals surface area contributed by atoms with Crippen molar-refractivity contribution in [1.29, 1.82) is 0 Å². The normalized spacial score (nSPS) is 17.8. The Balaban J connectivity index is 1.82. The number of nitrogens with zero attached hydrogens (tertiary/aromatic N) is 3. The second kappa shape index (κ2) is 4.47. The summed E-state index contributed by atoms with van der Waals surface area (Å²) in [6.07, 6.45) is 1.50. The van der Waals surface area contributed by atoms with Crippen molar-refractivity contribution in [3.05, 3.63) is 17.0 Å². The van der Waals surface area contributed by atoms with Gasteiger partial charge in [0.1, 0.15) is 5.60 Å². The highest BCUT2D eigenvalue weighted by molar-refractivity contribution is 5.88. The maximum Gasteiger partial charge on any atom is 0.410 e. The van der Waals surface area contributed by atoms with Gasteiger partial charge in [-0.1, -0.05) is 0 Å². The SMILES string of the molecule is CC(C)(C)OC(=O)N1Cc2nn(C3CC3)c(C(=O)O)c2C1. The van der Waals surface area contributed by atoms with Crippen LogP contribution in [0.1, 0.15) is 61.4 Å². The topological polar surface area (TPSA) is 84.7 Å². The summed E-state index contributed by atoms with van der Waals surface area (Å²) in [6, 6.07) is 0.205. The van der Waals surface area contributed by atoms with E-state index >= 15 is 0 Å². The summed E-state index contributed by atoms with van der Waals surface area (Å²) in [5.74, 6) is -0.985. The molecule has 0 saturated heterocycles. The Bertz CT molecular complexity index is 610. The van der Waals surface area contributed by atoms with Gasteiger partial charge < -0.3 is 9.84 Å². The van der Waals surface area contributed by atoms with Crippen LogP contribution in [-0.2, 0) is 17.8 Å². The molecule has 0 atom stereocenters. The molecule has 1 aliphatic heterocycles. The highest BCUT2D eigenvalue weighted by atomic mass is 16.6. The summed E-state index contributed by atoms with van der Waals surface area (Å²) in [7, 11) is 0. The van der Waals surface area contributed by atoms with Crippen LogP contribution >= 0.6 is 0 Å². The van der Waals surface area contributed by atoms with Gasteiger partial charge in [-0.2, -0.15) is 5.10 Å². The van der Waals surface area contributed by atoms with Crippen LogP contribution in [0.25, 0.3) is 0 Å². The first-order valence-electron chi connectivity index (χ1n) is 7.08. The molecule has 114 valence electrons. The molecule has 1 N–H and O–H groups in total. The number of hydrogen-bond acceptors (Lipinski definition) is 4. The van der Waals surface area contributed by atoms with Gasteiger partial charge in [-0.25, -0.2) is 9.59 Å². The predicted molar refractivity (Wildman–Crippen MR) is 72.9 cm³/mol. The van der Waals surface area contributed by atoms with Crippen molar-refractivity contribution in [3.63, 3.8) is 0 Å². The third kappa shape index (κ3) is 2.59. The van der Waals surface area contributed by atoms with Crippen LogP contribution in [0.4, 0.5) is 4.79 Å². The number of aromatic carboxylic acids is 1. The maximum atomic E-state index is 12.1. The molecule has 1 aromatic rings. The third-order valence-electron chi connectivity index (χ3n) is 3.53. The first-order valence-corrected chi connectivity index (χ1v) is 7.08. The van der Waals surface area contributed by atoms with Crippen LogP contribution < -0.4 is 0 Å². The Morgan fingerprint density at radius 2 is 1.95 bits per heavy atom. The summed E-state index contributed by atoms with van der Waals surface area (Å²) < 4.78 is 6.93. The van der Waals surface area contributed by atoms with Gasteiger partial charge >= 0.3 is 12.1 Å². The molecule has 1 fully saturated rings. The molecule has 1 aliphatic carbocycles. The van der Waals surface area contributed by atoms with E-state index in [9.17, 15) is 14.7 Å². The van der Waals surface area contributed by atoms with Crippen molar-refractivity contribution >= 4 is 12.1 Å². The molecule has 2 aliphatic rings. The minimum absolute atomic E-state index is 0.205. The number of carboxylic acid groups (broad SMARTS) is 1. The van der Waals surface area contributed by atoms with E-state index in [-0.39, 0.29) is 18.3 Å². The third-order valence-corrected chi connectivity index (χ3v) is 3.53. The summed E-state index contributed by atoms with van der Waals surface area (Å²) in [4.78, 5) is 25.0. The molecule has 0 radical (unpaired) electrons. The maximum absolute atomic E-state index is 12.1. The van der Waals surface area contributed by atoms with Crippen LogP contribution in [0.2, 0.25) is 0 Å². The molecular formula is C14H19N3O4. The zero-order chi connectivity index (χ0) is 15.4. The molecule has 7 nitrogen and oxygen atoms in total. The summed E-state index contributed by atoms with van der Waals surface area (Å²) in [5.41, 5.74) is 0.963. The van der Waals surface area contributed by atoms with Gasteiger partial charge in [-0.15, -0.1) is 0 Å². The van der Waals surface area contributed by atoms with Crippen molar-refractivity contribution in [2.75, 3.05) is 0 Å². The van der Waals surface area contributed by atoms with Gasteiger partial charge in [0.2, 0.25) is 0 Å². The molecule has 21 heavy (non-hydrogen) atoms. The largest absolute Gasteiger partial charge is 0.477 e. The number of carbonyl (C=O) groups excluding carboxylic acids is 1. The van der Waals surface area contributed by atoms with Gasteiger partial charge in [-0.05, 0) is 33.6 Å². The van der Waals surface area contributed by atoms with E-state index in [1.54, 1.807) is 25.5 Å². The molecule has 1 saturated carbocycles. The van der Waals surface area contributed by atoms with Crippen LogP contribution in [0.5, 0.6) is 0 Å². The number of hydrogen-bond donors (Lipinski definition) is 1. The Morgan fingerprint density at radius 1 is 1.29 bits per heavy atom. The lowest BCUT2D eigenvalue weighted by molar-refractivity contribution is 0.0237. The van der Waals surface area contributed by atoms with E-state index in [2.05, 4.69) is 5.10 Å². The van der Waals surface area contributed by atoms with Crippen LogP contribution in [0, 0.1) is 0 Å². The Hall–Kier alpha value is -2.05. The average molecular weight is 293 g/mol. The predicted octanol–water partition coefficient (Wildman–Crippen LogP) is 2.17. The Kier molecular flexibility index (Phi) is 2.96. The van der Waals surface area contributed by atoms with Crippen molar-refractivity contribution in [2.45, 2.75) is 58.3 Å². The summed E-state index contributed by atoms with van der Waals surface area (Å²) in [6.45, 7) is 5.96. The van der Waals surface area contributed by atoms with Gasteiger partial charge in [0, 0.05) is 5.56 Å². The van der Waals surface area contributed by atoms with E-state index in [4.69, 9.17) is 4.74 Å². The fraction of sp³-hybridized carbons (Fsp3) is 0.643. The molecule has 0 bridgehead atoms. The number of aromatic nitrogens is 2. The molecule has 0 spiro atoms. The lowest BCUT2D eigenvalue weighted by Gasteiger charge is -2.24. The lowest BCUT2D eigenvalue weighted by Crippen LogP contribution is -2.34. The first kappa shape index (κ1) is 13.9. The average Bonchev–Trinajstić information content (AvgIpc) is 2.97. The van der Waals surface area contributed by atoms with E-state index < -0.39 is 17.7 Å². The molecule has 7 heteroatoms. The summed E-state index contributed by atoms with van der Waals surface area (Å²) in [5, 5.41) is 13.8. The van der Waals surface area contributed by atoms with Gasteiger partial charge in [-0.3, -0.25) is 9.58 Å². The van der Waals surface area contributed by atoms with Gasteiger partial charge in [0.25, 0.3) is 0 Å². The number of amides is 1. The highest BCUT2D eigenvalue weighted by Gasteiger charge is 2.38. The summed E-state index contributed by atoms with van der Waals surface area (Å²) >= 11 is 0. The van der Waals surface area contributed by atoms with E-state index in [0.717, 1.165) is 12.8 Å². The minimum Gasteiger partial charge on any atom is -0.477 e. The van der Waals surface area contributed by atoms with Crippen LogP contribution in [0.3, 0.4) is 0 Å². The highest BCUT2D eigenvalue weighted by Crippen LogP contribution is 2.38. The Labute approximate surface area is 122 Å². The molecular weight excluding hydrogens is 274 g/mol. The minimum atomic E-state index is -0.985. The molecule has 0 unspecified atom stereocenters. The number of fused-ring (bicyclic) bond motifs is 1. The molecule has 2 heterocycles. The zero-order valence-corrected chi connectivity index (χ0v) is 12.4. The molecule has 1 amide bonds. The number of ether oxygens (including phenoxy) is 1. The van der Waals surface area contributed by atoms with Crippen LogP contribution in [0.15, 0.2) is 0 Å². The monoisotopic (exact) mass is 293 g/mol. The smallest absolute Gasteiger partial charge is 0.410 e. The van der Waals surface area contributed by atoms with E-state index in [1.165, 1.54) is 4.90 Å².